The zero-order valence-corrected chi connectivity index (χ0v) is 17.9. The first kappa shape index (κ1) is 22.2. The van der Waals surface area contributed by atoms with Crippen LogP contribution in [0.1, 0.15) is 42.6 Å². The molecule has 2 aliphatic rings. The highest BCUT2D eigenvalue weighted by Crippen LogP contribution is 2.30. The van der Waals surface area contributed by atoms with Crippen molar-refractivity contribution < 1.29 is 18.7 Å². The third kappa shape index (κ3) is 5.23. The Kier molecular flexibility index (Phi) is 6.66. The van der Waals surface area contributed by atoms with Crippen LogP contribution in [0.2, 0.25) is 0 Å². The lowest BCUT2D eigenvalue weighted by Gasteiger charge is -2.20. The number of ether oxygens (including phenoxy) is 1. The molecule has 1 fully saturated rings. The number of halogens is 1. The molecule has 1 aliphatic carbocycles. The van der Waals surface area contributed by atoms with Crippen molar-refractivity contribution in [2.45, 2.75) is 57.0 Å². The minimum absolute atomic E-state index is 0.126. The van der Waals surface area contributed by atoms with E-state index in [9.17, 15) is 14.0 Å². The van der Waals surface area contributed by atoms with Gasteiger partial charge in [0.1, 0.15) is 17.7 Å². The smallest absolute Gasteiger partial charge is 0.242 e. The van der Waals surface area contributed by atoms with E-state index in [4.69, 9.17) is 10.5 Å². The molecule has 1 aliphatic heterocycles. The number of fused-ring (bicyclic) bond motifs is 1. The van der Waals surface area contributed by atoms with Gasteiger partial charge in [-0.25, -0.2) is 9.37 Å². The van der Waals surface area contributed by atoms with E-state index < -0.39 is 12.1 Å². The summed E-state index contributed by atoms with van der Waals surface area (Å²) < 4.78 is 18.8. The quantitative estimate of drug-likeness (QED) is 0.515. The molecule has 0 spiro atoms. The van der Waals surface area contributed by atoms with Gasteiger partial charge in [-0.2, -0.15) is 0 Å². The van der Waals surface area contributed by atoms with E-state index in [0.29, 0.717) is 25.4 Å². The molecule has 9 heteroatoms. The highest BCUT2D eigenvalue weighted by atomic mass is 19.1. The van der Waals surface area contributed by atoms with Crippen molar-refractivity contribution in [3.05, 3.63) is 59.0 Å². The molecule has 2 aromatic rings. The molecule has 2 amide bonds. The normalized spacial score (nSPS) is 22.9. The summed E-state index contributed by atoms with van der Waals surface area (Å²) in [6, 6.07) is 8.54. The lowest BCUT2D eigenvalue weighted by Crippen LogP contribution is -2.50. The van der Waals surface area contributed by atoms with Crippen molar-refractivity contribution in [3.63, 3.8) is 0 Å². The maximum atomic E-state index is 13.0. The third-order valence-corrected chi connectivity index (χ3v) is 5.95. The van der Waals surface area contributed by atoms with Gasteiger partial charge in [-0.1, -0.05) is 18.2 Å². The van der Waals surface area contributed by atoms with Gasteiger partial charge in [0.15, 0.2) is 0 Å². The van der Waals surface area contributed by atoms with Gasteiger partial charge in [-0.15, -0.1) is 0 Å². The highest BCUT2D eigenvalue weighted by Gasteiger charge is 2.32. The predicted molar refractivity (Wildman–Crippen MR) is 117 cm³/mol. The average Bonchev–Trinajstić information content (AvgIpc) is 3.40. The van der Waals surface area contributed by atoms with E-state index in [0.717, 1.165) is 29.7 Å². The molecule has 1 aromatic carbocycles. The summed E-state index contributed by atoms with van der Waals surface area (Å²) in [5.41, 5.74) is 8.49. The van der Waals surface area contributed by atoms with Crippen LogP contribution in [-0.4, -0.2) is 41.5 Å². The van der Waals surface area contributed by atoms with Crippen LogP contribution >= 0.6 is 0 Å². The first-order chi connectivity index (χ1) is 15.4. The Bertz CT molecular complexity index is 984. The zero-order chi connectivity index (χ0) is 22.7. The van der Waals surface area contributed by atoms with Crippen LogP contribution < -0.4 is 21.7 Å². The largest absolute Gasteiger partial charge is 0.384 e. The van der Waals surface area contributed by atoms with Crippen molar-refractivity contribution in [1.82, 2.24) is 20.9 Å². The van der Waals surface area contributed by atoms with Crippen LogP contribution in [0.5, 0.6) is 0 Å². The molecule has 32 heavy (non-hydrogen) atoms. The van der Waals surface area contributed by atoms with E-state index in [2.05, 4.69) is 20.9 Å². The van der Waals surface area contributed by atoms with E-state index in [1.165, 1.54) is 12.1 Å². The SMILES string of the molecule is C[C@H](NC(=O)[C@H]1C[C@H](OCc2ccc(F)cc2)CN1)C(=O)N[C@@H]1CCc2nc(N)ccc21. The van der Waals surface area contributed by atoms with E-state index in [-0.39, 0.29) is 29.8 Å². The second kappa shape index (κ2) is 9.62. The molecule has 0 bridgehead atoms. The van der Waals surface area contributed by atoms with Gasteiger partial charge in [0.2, 0.25) is 11.8 Å². The summed E-state index contributed by atoms with van der Waals surface area (Å²) in [5.74, 6) is -0.290. The number of nitrogen functional groups attached to an aromatic ring is 1. The minimum Gasteiger partial charge on any atom is -0.384 e. The minimum atomic E-state index is -0.672. The molecule has 8 nitrogen and oxygen atoms in total. The zero-order valence-electron chi connectivity index (χ0n) is 17.9. The molecule has 0 saturated carbocycles. The van der Waals surface area contributed by atoms with Gasteiger partial charge in [-0.05, 0) is 55.5 Å². The number of carbonyl (C=O) groups is 2. The van der Waals surface area contributed by atoms with Crippen LogP contribution in [0.15, 0.2) is 36.4 Å². The Labute approximate surface area is 186 Å². The number of hydrogen-bond donors (Lipinski definition) is 4. The van der Waals surface area contributed by atoms with Crippen molar-refractivity contribution in [1.29, 1.82) is 0 Å². The van der Waals surface area contributed by atoms with Crippen LogP contribution in [-0.2, 0) is 27.4 Å². The molecule has 5 N–H and O–H groups in total. The number of aryl methyl sites for hydroxylation is 1. The number of pyridine rings is 1. The highest BCUT2D eigenvalue weighted by molar-refractivity contribution is 5.89. The number of anilines is 1. The summed E-state index contributed by atoms with van der Waals surface area (Å²) in [5, 5.41) is 8.92. The summed E-state index contributed by atoms with van der Waals surface area (Å²) in [6.07, 6.45) is 1.90. The van der Waals surface area contributed by atoms with Crippen LogP contribution in [0.4, 0.5) is 10.2 Å². The maximum absolute atomic E-state index is 13.0. The fraction of sp³-hybridized carbons (Fsp3) is 0.435. The Balaban J connectivity index is 1.22. The van der Waals surface area contributed by atoms with Crippen molar-refractivity contribution >= 4 is 17.6 Å². The Morgan fingerprint density at radius 2 is 2.06 bits per heavy atom. The molecule has 1 aromatic heterocycles. The summed E-state index contributed by atoms with van der Waals surface area (Å²) in [4.78, 5) is 29.6. The van der Waals surface area contributed by atoms with Crippen molar-refractivity contribution in [2.75, 3.05) is 12.3 Å². The van der Waals surface area contributed by atoms with Crippen LogP contribution in [0, 0.1) is 5.82 Å². The first-order valence-corrected chi connectivity index (χ1v) is 10.8. The lowest BCUT2D eigenvalue weighted by atomic mass is 10.1. The molecule has 170 valence electrons. The van der Waals surface area contributed by atoms with Crippen LogP contribution in [0.25, 0.3) is 0 Å². The monoisotopic (exact) mass is 441 g/mol. The molecule has 4 rings (SSSR count). The molecular weight excluding hydrogens is 413 g/mol. The topological polar surface area (TPSA) is 118 Å². The first-order valence-electron chi connectivity index (χ1n) is 10.8. The van der Waals surface area contributed by atoms with E-state index >= 15 is 0 Å². The number of carbonyl (C=O) groups excluding carboxylic acids is 2. The second-order valence-electron chi connectivity index (χ2n) is 8.36. The Hall–Kier alpha value is -3.04. The molecule has 2 heterocycles. The number of rotatable bonds is 7. The lowest BCUT2D eigenvalue weighted by molar-refractivity contribution is -0.130. The predicted octanol–water partition coefficient (Wildman–Crippen LogP) is 1.36. The fourth-order valence-electron chi connectivity index (χ4n) is 4.13. The number of aromatic nitrogens is 1. The van der Waals surface area contributed by atoms with Crippen molar-refractivity contribution in [2.24, 2.45) is 0 Å². The van der Waals surface area contributed by atoms with Gasteiger partial charge in [0.05, 0.1) is 24.8 Å². The van der Waals surface area contributed by atoms with Gasteiger partial charge in [-0.3, -0.25) is 9.59 Å². The number of hydrogen-bond acceptors (Lipinski definition) is 6. The number of benzene rings is 1. The number of amides is 2. The Morgan fingerprint density at radius 3 is 2.84 bits per heavy atom. The summed E-state index contributed by atoms with van der Waals surface area (Å²) in [7, 11) is 0. The van der Waals surface area contributed by atoms with Crippen molar-refractivity contribution in [3.8, 4) is 0 Å². The molecule has 0 radical (unpaired) electrons. The fourth-order valence-corrected chi connectivity index (χ4v) is 4.13. The maximum Gasteiger partial charge on any atom is 0.242 e. The summed E-state index contributed by atoms with van der Waals surface area (Å²) >= 11 is 0. The number of nitrogens with two attached hydrogens (primary N) is 1. The van der Waals surface area contributed by atoms with Gasteiger partial charge < -0.3 is 26.4 Å². The second-order valence-corrected chi connectivity index (χ2v) is 8.36. The number of nitrogens with one attached hydrogen (secondary N) is 3. The molecule has 0 unspecified atom stereocenters. The van der Waals surface area contributed by atoms with Gasteiger partial charge in [0.25, 0.3) is 0 Å². The van der Waals surface area contributed by atoms with E-state index in [1.807, 2.05) is 6.07 Å². The van der Waals surface area contributed by atoms with Crippen LogP contribution in [0.3, 0.4) is 0 Å². The van der Waals surface area contributed by atoms with Gasteiger partial charge in [0, 0.05) is 12.2 Å². The third-order valence-electron chi connectivity index (χ3n) is 5.95. The van der Waals surface area contributed by atoms with E-state index in [1.54, 1.807) is 25.1 Å². The standard InChI is InChI=1S/C23H28FN5O3/c1-13(22(30)29-19-8-7-18-17(19)6-9-21(25)28-18)27-23(31)20-10-16(11-26-20)32-12-14-2-4-15(24)5-3-14/h2-6,9,13,16,19-20,26H,7-8,10-12H2,1H3,(H2,25,28)(H,27,31)(H,29,30)/t13-,16-,19+,20+/m0/s1. The summed E-state index contributed by atoms with van der Waals surface area (Å²) in [6.45, 7) is 2.56. The van der Waals surface area contributed by atoms with Gasteiger partial charge >= 0.3 is 0 Å². The molecule has 4 atom stereocenters. The average molecular weight is 442 g/mol. The number of nitrogens with zero attached hydrogens (tertiary/aromatic N) is 1. The molecule has 1 saturated heterocycles. The Morgan fingerprint density at radius 1 is 1.28 bits per heavy atom. The molecular formula is C23H28FN5O3.